The molecule has 1 aromatic carbocycles. The third kappa shape index (κ3) is 5.95. The minimum atomic E-state index is -4.38. The zero-order valence-corrected chi connectivity index (χ0v) is 20.0. The van der Waals surface area contributed by atoms with Crippen molar-refractivity contribution in [2.45, 2.75) is 58.8 Å². The number of hydrogen-bond donors (Lipinski definition) is 1. The van der Waals surface area contributed by atoms with E-state index in [9.17, 15) is 22.8 Å². The molecule has 1 heterocycles. The lowest BCUT2D eigenvalue weighted by Gasteiger charge is -2.24. The number of rotatable bonds is 7. The fourth-order valence-corrected chi connectivity index (χ4v) is 5.30. The summed E-state index contributed by atoms with van der Waals surface area (Å²) in [5.41, 5.74) is 1.38. The lowest BCUT2D eigenvalue weighted by molar-refractivity contribution is -0.137. The molecule has 33 heavy (non-hydrogen) atoms. The molecule has 1 aliphatic rings. The second-order valence-electron chi connectivity index (χ2n) is 8.55. The maximum atomic E-state index is 13.0. The summed E-state index contributed by atoms with van der Waals surface area (Å²) >= 11 is 1.43. The molecule has 0 radical (unpaired) electrons. The number of fused-ring (bicyclic) bond motifs is 1. The van der Waals surface area contributed by atoms with E-state index in [1.54, 1.807) is 25.8 Å². The Kier molecular flexibility index (Phi) is 7.84. The molecule has 1 aliphatic carbocycles. The molecule has 0 bridgehead atoms. The maximum absolute atomic E-state index is 13.0. The molecule has 0 saturated heterocycles. The first-order valence-electron chi connectivity index (χ1n) is 11.0. The molecule has 180 valence electrons. The minimum Gasteiger partial charge on any atom is -0.462 e. The average molecular weight is 483 g/mol. The number of hydrogen-bond acceptors (Lipinski definition) is 5. The lowest BCUT2D eigenvalue weighted by Crippen LogP contribution is -2.39. The molecule has 1 amide bonds. The number of ether oxygens (including phenoxy) is 1. The van der Waals surface area contributed by atoms with Gasteiger partial charge in [-0.15, -0.1) is 11.3 Å². The van der Waals surface area contributed by atoms with Crippen molar-refractivity contribution in [3.63, 3.8) is 0 Å². The fourth-order valence-electron chi connectivity index (χ4n) is 3.90. The standard InChI is InChI=1S/C24H29F3N2O3S/c1-5-32-23(31)20-18-11-6-14(2)12-19(18)33-22(20)28-21(30)15(3)29(4)13-16-7-9-17(10-8-16)24(25,26)27/h7-10,14-15H,5-6,11-13H2,1-4H3,(H,28,30)/t14-,15-/m1/s1. The number of nitrogens with zero attached hydrogens (tertiary/aromatic N) is 1. The Hall–Kier alpha value is -2.39. The van der Waals surface area contributed by atoms with E-state index in [-0.39, 0.29) is 12.5 Å². The molecule has 1 N–H and O–H groups in total. The minimum absolute atomic E-state index is 0.250. The highest BCUT2D eigenvalue weighted by atomic mass is 32.1. The van der Waals surface area contributed by atoms with Gasteiger partial charge < -0.3 is 10.1 Å². The van der Waals surface area contributed by atoms with Crippen LogP contribution >= 0.6 is 11.3 Å². The van der Waals surface area contributed by atoms with Gasteiger partial charge in [-0.25, -0.2) is 4.79 Å². The molecular formula is C24H29F3N2O3S. The van der Waals surface area contributed by atoms with E-state index in [1.165, 1.54) is 23.5 Å². The Balaban J connectivity index is 1.73. The van der Waals surface area contributed by atoms with Crippen molar-refractivity contribution in [3.8, 4) is 0 Å². The van der Waals surface area contributed by atoms with E-state index in [4.69, 9.17) is 4.74 Å². The third-order valence-electron chi connectivity index (χ3n) is 5.98. The second kappa shape index (κ2) is 10.3. The largest absolute Gasteiger partial charge is 0.462 e. The van der Waals surface area contributed by atoms with Gasteiger partial charge in [-0.2, -0.15) is 13.2 Å². The molecule has 2 aromatic rings. The molecule has 0 saturated carbocycles. The first-order chi connectivity index (χ1) is 15.5. The fraction of sp³-hybridized carbons (Fsp3) is 0.500. The molecule has 0 aliphatic heterocycles. The zero-order valence-electron chi connectivity index (χ0n) is 19.2. The first kappa shape index (κ1) is 25.2. The van der Waals surface area contributed by atoms with Crippen LogP contribution in [0.5, 0.6) is 0 Å². The number of thiophene rings is 1. The predicted octanol–water partition coefficient (Wildman–Crippen LogP) is 5.53. The van der Waals surface area contributed by atoms with Gasteiger partial charge in [-0.05, 0) is 69.3 Å². The Morgan fingerprint density at radius 1 is 1.27 bits per heavy atom. The van der Waals surface area contributed by atoms with Crippen LogP contribution in [0.3, 0.4) is 0 Å². The maximum Gasteiger partial charge on any atom is 0.416 e. The molecule has 0 fully saturated rings. The topological polar surface area (TPSA) is 58.6 Å². The van der Waals surface area contributed by atoms with E-state index in [2.05, 4.69) is 12.2 Å². The van der Waals surface area contributed by atoms with Gasteiger partial charge in [0, 0.05) is 11.4 Å². The number of benzene rings is 1. The van der Waals surface area contributed by atoms with Gasteiger partial charge >= 0.3 is 12.1 Å². The summed E-state index contributed by atoms with van der Waals surface area (Å²) in [6.07, 6.45) is -1.76. The number of anilines is 1. The lowest BCUT2D eigenvalue weighted by atomic mass is 9.88. The Bertz CT molecular complexity index is 1000. The first-order valence-corrected chi connectivity index (χ1v) is 11.8. The van der Waals surface area contributed by atoms with Crippen LogP contribution in [-0.2, 0) is 35.1 Å². The monoisotopic (exact) mass is 482 g/mol. The van der Waals surface area contributed by atoms with Gasteiger partial charge in [0.1, 0.15) is 5.00 Å². The van der Waals surface area contributed by atoms with Gasteiger partial charge in [0.15, 0.2) is 0 Å². The molecule has 0 spiro atoms. The summed E-state index contributed by atoms with van der Waals surface area (Å²) in [6.45, 7) is 6.19. The van der Waals surface area contributed by atoms with Crippen molar-refractivity contribution in [1.29, 1.82) is 0 Å². The number of alkyl halides is 3. The van der Waals surface area contributed by atoms with Crippen LogP contribution in [0.1, 0.15) is 59.1 Å². The SMILES string of the molecule is CCOC(=O)c1c(NC(=O)[C@@H](C)N(C)Cc2ccc(C(F)(F)F)cc2)sc2c1CC[C@@H](C)C2. The summed E-state index contributed by atoms with van der Waals surface area (Å²) in [6, 6.07) is 4.34. The molecule has 2 atom stereocenters. The van der Waals surface area contributed by atoms with Crippen molar-refractivity contribution < 1.29 is 27.5 Å². The van der Waals surface area contributed by atoms with Gasteiger partial charge in [0.2, 0.25) is 5.91 Å². The quantitative estimate of drug-likeness (QED) is 0.528. The number of esters is 1. The van der Waals surface area contributed by atoms with E-state index >= 15 is 0 Å². The van der Waals surface area contributed by atoms with Crippen LogP contribution in [0.25, 0.3) is 0 Å². The summed E-state index contributed by atoms with van der Waals surface area (Å²) in [7, 11) is 1.73. The molecular weight excluding hydrogens is 453 g/mol. The normalized spacial score (nSPS) is 16.9. The van der Waals surface area contributed by atoms with Gasteiger partial charge in [-0.3, -0.25) is 9.69 Å². The summed E-state index contributed by atoms with van der Waals surface area (Å²) in [5, 5.41) is 3.41. The van der Waals surface area contributed by atoms with Crippen molar-refractivity contribution in [2.75, 3.05) is 19.0 Å². The predicted molar refractivity (Wildman–Crippen MR) is 122 cm³/mol. The van der Waals surface area contributed by atoms with E-state index in [1.807, 2.05) is 0 Å². The van der Waals surface area contributed by atoms with Gasteiger partial charge in [0.25, 0.3) is 0 Å². The van der Waals surface area contributed by atoms with E-state index in [0.717, 1.165) is 41.8 Å². The Morgan fingerprint density at radius 2 is 1.94 bits per heavy atom. The second-order valence-corrected chi connectivity index (χ2v) is 9.66. The summed E-state index contributed by atoms with van der Waals surface area (Å²) in [4.78, 5) is 28.5. The molecule has 3 rings (SSSR count). The van der Waals surface area contributed by atoms with Crippen LogP contribution < -0.4 is 5.32 Å². The van der Waals surface area contributed by atoms with Crippen molar-refractivity contribution >= 4 is 28.2 Å². The van der Waals surface area contributed by atoms with E-state index < -0.39 is 23.8 Å². The van der Waals surface area contributed by atoms with Crippen LogP contribution in [0.4, 0.5) is 18.2 Å². The van der Waals surface area contributed by atoms with E-state index in [0.29, 0.717) is 28.6 Å². The molecule has 5 nitrogen and oxygen atoms in total. The molecule has 0 unspecified atom stereocenters. The van der Waals surface area contributed by atoms with Crippen LogP contribution in [0.2, 0.25) is 0 Å². The number of carbonyl (C=O) groups is 2. The molecule has 9 heteroatoms. The van der Waals surface area contributed by atoms with Crippen LogP contribution in [-0.4, -0.2) is 36.5 Å². The average Bonchev–Trinajstić information content (AvgIpc) is 3.09. The number of carbonyl (C=O) groups excluding carboxylic acids is 2. The number of amides is 1. The number of likely N-dealkylation sites (N-methyl/N-ethyl adjacent to an activating group) is 1. The highest BCUT2D eigenvalue weighted by molar-refractivity contribution is 7.17. The van der Waals surface area contributed by atoms with Gasteiger partial charge in [0.05, 0.1) is 23.8 Å². The highest BCUT2D eigenvalue weighted by Gasteiger charge is 2.31. The number of nitrogens with one attached hydrogen (secondary N) is 1. The highest BCUT2D eigenvalue weighted by Crippen LogP contribution is 2.40. The zero-order chi connectivity index (χ0) is 24.3. The molecule has 1 aromatic heterocycles. The van der Waals surface area contributed by atoms with Crippen LogP contribution in [0, 0.1) is 5.92 Å². The Morgan fingerprint density at radius 3 is 2.55 bits per heavy atom. The summed E-state index contributed by atoms with van der Waals surface area (Å²) < 4.78 is 43.6. The van der Waals surface area contributed by atoms with Gasteiger partial charge in [-0.1, -0.05) is 19.1 Å². The smallest absolute Gasteiger partial charge is 0.416 e. The van der Waals surface area contributed by atoms with Crippen molar-refractivity contribution in [2.24, 2.45) is 5.92 Å². The Labute approximate surface area is 195 Å². The van der Waals surface area contributed by atoms with Crippen molar-refractivity contribution in [1.82, 2.24) is 4.90 Å². The van der Waals surface area contributed by atoms with Crippen LogP contribution in [0.15, 0.2) is 24.3 Å². The van der Waals surface area contributed by atoms with Crippen molar-refractivity contribution in [3.05, 3.63) is 51.4 Å². The summed E-state index contributed by atoms with van der Waals surface area (Å²) in [5.74, 6) is -0.198. The third-order valence-corrected chi connectivity index (χ3v) is 7.15. The number of halogens is 3.